The van der Waals surface area contributed by atoms with Gasteiger partial charge in [-0.15, -0.1) is 11.3 Å². The number of hydrogen-bond donors (Lipinski definition) is 2. The third-order valence-electron chi connectivity index (χ3n) is 3.37. The van der Waals surface area contributed by atoms with Crippen molar-refractivity contribution in [3.05, 3.63) is 63.1 Å². The summed E-state index contributed by atoms with van der Waals surface area (Å²) in [7, 11) is 0. The summed E-state index contributed by atoms with van der Waals surface area (Å²) in [6.07, 6.45) is 0. The van der Waals surface area contributed by atoms with Crippen LogP contribution in [0.3, 0.4) is 0 Å². The Kier molecular flexibility index (Phi) is 4.06. The number of hydrogen-bond acceptors (Lipinski definition) is 5. The van der Waals surface area contributed by atoms with Gasteiger partial charge in [-0.25, -0.2) is 0 Å². The van der Waals surface area contributed by atoms with E-state index in [4.69, 9.17) is 5.73 Å². The van der Waals surface area contributed by atoms with Gasteiger partial charge in [0.05, 0.1) is 25.9 Å². The van der Waals surface area contributed by atoms with Gasteiger partial charge in [-0.2, -0.15) is 0 Å². The number of nitro benzene ring substituents is 1. The SMILES string of the molecule is Nc1sc(-c2ccccc2[N+](=O)[O-])c(O)c1-c1cccc(Br)c1. The minimum absolute atomic E-state index is 0.0418. The normalized spacial score (nSPS) is 10.7. The standard InChI is InChI=1S/C16H11BrN2O3S/c17-10-5-3-4-9(8-10)13-14(20)15(23-16(13)18)11-6-1-2-7-12(11)19(21)22/h1-8,20H,18H2. The van der Waals surface area contributed by atoms with E-state index in [0.717, 1.165) is 21.4 Å². The van der Waals surface area contributed by atoms with E-state index in [-0.39, 0.29) is 11.4 Å². The summed E-state index contributed by atoms with van der Waals surface area (Å²) in [6.45, 7) is 0. The number of thiophene rings is 1. The monoisotopic (exact) mass is 390 g/mol. The number of nitrogens with two attached hydrogens (primary N) is 1. The van der Waals surface area contributed by atoms with Crippen molar-refractivity contribution in [3.63, 3.8) is 0 Å². The van der Waals surface area contributed by atoms with E-state index in [0.29, 0.717) is 21.0 Å². The maximum absolute atomic E-state index is 11.2. The molecule has 3 rings (SSSR count). The molecule has 0 unspecified atom stereocenters. The van der Waals surface area contributed by atoms with Crippen LogP contribution in [-0.2, 0) is 0 Å². The largest absolute Gasteiger partial charge is 0.506 e. The summed E-state index contributed by atoms with van der Waals surface area (Å²) in [6, 6.07) is 13.7. The van der Waals surface area contributed by atoms with Gasteiger partial charge in [0.2, 0.25) is 0 Å². The first-order valence-electron chi connectivity index (χ1n) is 6.60. The maximum Gasteiger partial charge on any atom is 0.278 e. The summed E-state index contributed by atoms with van der Waals surface area (Å²) in [4.78, 5) is 11.1. The predicted molar refractivity (Wildman–Crippen MR) is 95.6 cm³/mol. The molecule has 0 saturated heterocycles. The van der Waals surface area contributed by atoms with Crippen molar-refractivity contribution in [2.24, 2.45) is 0 Å². The minimum Gasteiger partial charge on any atom is -0.506 e. The van der Waals surface area contributed by atoms with Gasteiger partial charge in [0, 0.05) is 10.5 Å². The summed E-state index contributed by atoms with van der Waals surface area (Å²) in [5.74, 6) is -0.0418. The quantitative estimate of drug-likeness (QED) is 0.484. The van der Waals surface area contributed by atoms with Crippen LogP contribution in [0.1, 0.15) is 0 Å². The minimum atomic E-state index is -0.469. The van der Waals surface area contributed by atoms with E-state index >= 15 is 0 Å². The molecular formula is C16H11BrN2O3S. The second-order valence-electron chi connectivity index (χ2n) is 4.80. The van der Waals surface area contributed by atoms with Crippen LogP contribution in [0, 0.1) is 10.1 Å². The van der Waals surface area contributed by atoms with Gasteiger partial charge < -0.3 is 10.8 Å². The highest BCUT2D eigenvalue weighted by molar-refractivity contribution is 9.10. The number of rotatable bonds is 3. The predicted octanol–water partition coefficient (Wildman–Crippen LogP) is 5.04. The fraction of sp³-hybridized carbons (Fsp3) is 0. The lowest BCUT2D eigenvalue weighted by atomic mass is 10.0. The average molecular weight is 391 g/mol. The van der Waals surface area contributed by atoms with E-state index in [9.17, 15) is 15.2 Å². The zero-order valence-electron chi connectivity index (χ0n) is 11.7. The number of benzene rings is 2. The van der Waals surface area contributed by atoms with E-state index in [1.165, 1.54) is 6.07 Å². The van der Waals surface area contributed by atoms with Crippen molar-refractivity contribution >= 4 is 38.0 Å². The van der Waals surface area contributed by atoms with Gasteiger partial charge in [0.15, 0.2) is 0 Å². The van der Waals surface area contributed by atoms with E-state index in [2.05, 4.69) is 15.9 Å². The molecule has 0 bridgehead atoms. The fourth-order valence-electron chi connectivity index (χ4n) is 2.37. The van der Waals surface area contributed by atoms with E-state index in [1.54, 1.807) is 18.2 Å². The highest BCUT2D eigenvalue weighted by Crippen LogP contribution is 2.50. The van der Waals surface area contributed by atoms with Crippen molar-refractivity contribution < 1.29 is 10.0 Å². The zero-order chi connectivity index (χ0) is 16.6. The Balaban J connectivity index is 2.22. The molecule has 0 amide bonds. The molecule has 0 radical (unpaired) electrons. The Morgan fingerprint density at radius 2 is 1.91 bits per heavy atom. The van der Waals surface area contributed by atoms with Crippen LogP contribution in [0.15, 0.2) is 53.0 Å². The Morgan fingerprint density at radius 3 is 2.61 bits per heavy atom. The Morgan fingerprint density at radius 1 is 1.17 bits per heavy atom. The van der Waals surface area contributed by atoms with Crippen LogP contribution in [0.2, 0.25) is 0 Å². The Hall–Kier alpha value is -2.38. The molecule has 0 fully saturated rings. The highest BCUT2D eigenvalue weighted by Gasteiger charge is 2.24. The number of halogens is 1. The molecule has 0 aliphatic heterocycles. The number of nitrogen functional groups attached to an aromatic ring is 1. The first kappa shape index (κ1) is 15.5. The molecule has 1 heterocycles. The number of aromatic hydroxyl groups is 1. The summed E-state index contributed by atoms with van der Waals surface area (Å²) in [5, 5.41) is 22.2. The molecule has 116 valence electrons. The zero-order valence-corrected chi connectivity index (χ0v) is 14.1. The summed E-state index contributed by atoms with van der Waals surface area (Å²) < 4.78 is 0.854. The lowest BCUT2D eigenvalue weighted by Gasteiger charge is -2.04. The second kappa shape index (κ2) is 6.02. The molecule has 0 aliphatic carbocycles. The van der Waals surface area contributed by atoms with E-state index in [1.807, 2.05) is 24.3 Å². The number of nitrogens with zero attached hydrogens (tertiary/aromatic N) is 1. The van der Waals surface area contributed by atoms with Crippen LogP contribution in [0.4, 0.5) is 10.7 Å². The van der Waals surface area contributed by atoms with Crippen LogP contribution in [-0.4, -0.2) is 10.0 Å². The second-order valence-corrected chi connectivity index (χ2v) is 6.77. The third kappa shape index (κ3) is 2.80. The Labute approximate surface area is 144 Å². The first-order chi connectivity index (χ1) is 11.0. The topological polar surface area (TPSA) is 89.4 Å². The van der Waals surface area contributed by atoms with Crippen molar-refractivity contribution in [2.45, 2.75) is 0 Å². The van der Waals surface area contributed by atoms with Crippen molar-refractivity contribution in [1.29, 1.82) is 0 Å². The summed E-state index contributed by atoms with van der Waals surface area (Å²) >= 11 is 4.52. The third-order valence-corrected chi connectivity index (χ3v) is 4.90. The van der Waals surface area contributed by atoms with Crippen LogP contribution in [0.25, 0.3) is 21.6 Å². The molecule has 3 aromatic rings. The van der Waals surface area contributed by atoms with Gasteiger partial charge in [0.25, 0.3) is 5.69 Å². The molecule has 1 aromatic heterocycles. The lowest BCUT2D eigenvalue weighted by Crippen LogP contribution is -1.90. The van der Waals surface area contributed by atoms with Crippen molar-refractivity contribution in [1.82, 2.24) is 0 Å². The molecule has 0 spiro atoms. The van der Waals surface area contributed by atoms with Crippen molar-refractivity contribution in [3.8, 4) is 27.3 Å². The number of anilines is 1. The molecule has 3 N–H and O–H groups in total. The molecule has 23 heavy (non-hydrogen) atoms. The van der Waals surface area contributed by atoms with E-state index < -0.39 is 4.92 Å². The average Bonchev–Trinajstić information content (AvgIpc) is 2.82. The fourth-order valence-corrected chi connectivity index (χ4v) is 3.79. The maximum atomic E-state index is 11.2. The van der Waals surface area contributed by atoms with Gasteiger partial charge in [0.1, 0.15) is 5.75 Å². The lowest BCUT2D eigenvalue weighted by molar-refractivity contribution is -0.384. The molecule has 5 nitrogen and oxygen atoms in total. The molecular weight excluding hydrogens is 380 g/mol. The van der Waals surface area contributed by atoms with Crippen LogP contribution in [0.5, 0.6) is 5.75 Å². The molecule has 0 saturated carbocycles. The van der Waals surface area contributed by atoms with Gasteiger partial charge in [-0.1, -0.05) is 40.2 Å². The van der Waals surface area contributed by atoms with Crippen molar-refractivity contribution in [2.75, 3.05) is 5.73 Å². The number of para-hydroxylation sites is 1. The van der Waals surface area contributed by atoms with Crippen LogP contribution < -0.4 is 5.73 Å². The van der Waals surface area contributed by atoms with Gasteiger partial charge in [-0.3, -0.25) is 10.1 Å². The molecule has 7 heteroatoms. The highest BCUT2D eigenvalue weighted by atomic mass is 79.9. The molecule has 0 atom stereocenters. The smallest absolute Gasteiger partial charge is 0.278 e. The molecule has 0 aliphatic rings. The summed E-state index contributed by atoms with van der Waals surface area (Å²) in [5.41, 5.74) is 7.59. The van der Waals surface area contributed by atoms with Crippen LogP contribution >= 0.6 is 27.3 Å². The van der Waals surface area contributed by atoms with Gasteiger partial charge >= 0.3 is 0 Å². The van der Waals surface area contributed by atoms with Gasteiger partial charge in [-0.05, 0) is 23.8 Å². The Bertz CT molecular complexity index is 908. The first-order valence-corrected chi connectivity index (χ1v) is 8.21. The molecule has 2 aromatic carbocycles. The number of nitro groups is 1.